The second-order valence-corrected chi connectivity index (χ2v) is 6.54. The molecule has 0 saturated heterocycles. The number of thiophene rings is 1. The third-order valence-corrected chi connectivity index (χ3v) is 4.09. The maximum Gasteiger partial charge on any atom is 0.349 e. The van der Waals surface area contributed by atoms with Crippen molar-refractivity contribution in [1.29, 1.82) is 0 Å². The standard InChI is InChI=1S/C16H17FN2O4S/c1-8(2)18-16(22)19-14(20)9(3)23-15(21)13-7-10-6-11(17)4-5-12(10)24-13/h4-9H,1-3H3,(H2,18,19,20,22)/t9-/m0/s1. The van der Waals surface area contributed by atoms with E-state index in [2.05, 4.69) is 10.6 Å². The molecular weight excluding hydrogens is 335 g/mol. The summed E-state index contributed by atoms with van der Waals surface area (Å²) >= 11 is 1.14. The van der Waals surface area contributed by atoms with Crippen LogP contribution < -0.4 is 10.6 Å². The molecule has 2 N–H and O–H groups in total. The molecule has 8 heteroatoms. The quantitative estimate of drug-likeness (QED) is 0.829. The molecule has 1 aromatic heterocycles. The summed E-state index contributed by atoms with van der Waals surface area (Å²) in [5, 5.41) is 5.16. The Morgan fingerprint density at radius 2 is 1.88 bits per heavy atom. The van der Waals surface area contributed by atoms with Gasteiger partial charge in [-0.15, -0.1) is 11.3 Å². The van der Waals surface area contributed by atoms with Crippen molar-refractivity contribution in [3.8, 4) is 0 Å². The maximum atomic E-state index is 13.2. The van der Waals surface area contributed by atoms with E-state index in [0.29, 0.717) is 5.39 Å². The van der Waals surface area contributed by atoms with Crippen LogP contribution in [0.25, 0.3) is 10.1 Å². The molecule has 0 unspecified atom stereocenters. The Hall–Kier alpha value is -2.48. The van der Waals surface area contributed by atoms with Gasteiger partial charge in [0.25, 0.3) is 5.91 Å². The number of benzene rings is 1. The summed E-state index contributed by atoms with van der Waals surface area (Å²) in [5.41, 5.74) is 0. The van der Waals surface area contributed by atoms with E-state index < -0.39 is 29.8 Å². The Kier molecular flexibility index (Phi) is 5.50. The Labute approximate surface area is 142 Å². The summed E-state index contributed by atoms with van der Waals surface area (Å²) in [6, 6.07) is 4.90. The number of ether oxygens (including phenoxy) is 1. The number of amides is 3. The number of carbonyl (C=O) groups is 3. The third-order valence-electron chi connectivity index (χ3n) is 2.99. The van der Waals surface area contributed by atoms with Crippen molar-refractivity contribution < 1.29 is 23.5 Å². The Morgan fingerprint density at radius 1 is 1.17 bits per heavy atom. The van der Waals surface area contributed by atoms with Gasteiger partial charge in [0, 0.05) is 10.7 Å². The van der Waals surface area contributed by atoms with Gasteiger partial charge in [-0.2, -0.15) is 0 Å². The van der Waals surface area contributed by atoms with Gasteiger partial charge in [0.1, 0.15) is 10.7 Å². The van der Waals surface area contributed by atoms with Gasteiger partial charge in [0.2, 0.25) is 0 Å². The number of esters is 1. The van der Waals surface area contributed by atoms with Gasteiger partial charge < -0.3 is 10.1 Å². The number of carbonyl (C=O) groups excluding carboxylic acids is 3. The average Bonchev–Trinajstić information content (AvgIpc) is 2.89. The molecule has 24 heavy (non-hydrogen) atoms. The summed E-state index contributed by atoms with van der Waals surface area (Å²) in [6.07, 6.45) is -1.14. The van der Waals surface area contributed by atoms with Crippen molar-refractivity contribution in [3.63, 3.8) is 0 Å². The van der Waals surface area contributed by atoms with E-state index in [1.54, 1.807) is 19.9 Å². The molecule has 0 fully saturated rings. The highest BCUT2D eigenvalue weighted by molar-refractivity contribution is 7.20. The zero-order chi connectivity index (χ0) is 17.9. The normalized spacial score (nSPS) is 12.0. The predicted molar refractivity (Wildman–Crippen MR) is 88.5 cm³/mol. The number of hydrogen-bond acceptors (Lipinski definition) is 5. The fraction of sp³-hybridized carbons (Fsp3) is 0.312. The number of rotatable bonds is 4. The van der Waals surface area contributed by atoms with E-state index in [1.807, 2.05) is 0 Å². The molecule has 0 radical (unpaired) electrons. The number of imide groups is 1. The van der Waals surface area contributed by atoms with Crippen molar-refractivity contribution in [1.82, 2.24) is 10.6 Å². The average molecular weight is 352 g/mol. The minimum atomic E-state index is -1.14. The highest BCUT2D eigenvalue weighted by atomic mass is 32.1. The second-order valence-electron chi connectivity index (χ2n) is 5.46. The Bertz CT molecular complexity index is 787. The molecule has 0 spiro atoms. The first-order valence-corrected chi connectivity index (χ1v) is 8.09. The van der Waals surface area contributed by atoms with Crippen LogP contribution in [0.3, 0.4) is 0 Å². The molecule has 3 amide bonds. The van der Waals surface area contributed by atoms with E-state index in [-0.39, 0.29) is 10.9 Å². The summed E-state index contributed by atoms with van der Waals surface area (Å²) in [5.74, 6) is -1.83. The van der Waals surface area contributed by atoms with Crippen LogP contribution in [0.15, 0.2) is 24.3 Å². The lowest BCUT2D eigenvalue weighted by atomic mass is 10.2. The van der Waals surface area contributed by atoms with E-state index in [4.69, 9.17) is 4.74 Å². The number of urea groups is 1. The first-order chi connectivity index (χ1) is 11.3. The van der Waals surface area contributed by atoms with Crippen molar-refractivity contribution in [2.75, 3.05) is 0 Å². The van der Waals surface area contributed by atoms with E-state index in [9.17, 15) is 18.8 Å². The Balaban J connectivity index is 1.99. The van der Waals surface area contributed by atoms with E-state index in [0.717, 1.165) is 16.0 Å². The summed E-state index contributed by atoms with van der Waals surface area (Å²) in [6.45, 7) is 4.86. The fourth-order valence-corrected chi connectivity index (χ4v) is 2.82. The van der Waals surface area contributed by atoms with Crippen molar-refractivity contribution >= 4 is 39.3 Å². The molecule has 1 heterocycles. The predicted octanol–water partition coefficient (Wildman–Crippen LogP) is 2.82. The summed E-state index contributed by atoms with van der Waals surface area (Å²) < 4.78 is 19.0. The highest BCUT2D eigenvalue weighted by Gasteiger charge is 2.22. The number of halogens is 1. The highest BCUT2D eigenvalue weighted by Crippen LogP contribution is 2.27. The molecule has 0 aliphatic carbocycles. The zero-order valence-corrected chi connectivity index (χ0v) is 14.2. The van der Waals surface area contributed by atoms with E-state index >= 15 is 0 Å². The maximum absolute atomic E-state index is 13.2. The van der Waals surface area contributed by atoms with Crippen molar-refractivity contribution in [2.24, 2.45) is 0 Å². The first kappa shape index (κ1) is 17.9. The molecule has 0 bridgehead atoms. The largest absolute Gasteiger partial charge is 0.448 e. The molecule has 0 aliphatic rings. The first-order valence-electron chi connectivity index (χ1n) is 7.27. The topological polar surface area (TPSA) is 84.5 Å². The van der Waals surface area contributed by atoms with Crippen LogP contribution >= 0.6 is 11.3 Å². The van der Waals surface area contributed by atoms with E-state index in [1.165, 1.54) is 25.1 Å². The monoisotopic (exact) mass is 352 g/mol. The van der Waals surface area contributed by atoms with Crippen LogP contribution in [0, 0.1) is 5.82 Å². The lowest BCUT2D eigenvalue weighted by molar-refractivity contribution is -0.127. The third kappa shape index (κ3) is 4.51. The van der Waals surface area contributed by atoms with Gasteiger partial charge in [-0.25, -0.2) is 14.0 Å². The molecule has 1 atom stereocenters. The minimum absolute atomic E-state index is 0.130. The molecule has 128 valence electrons. The second kappa shape index (κ2) is 7.39. The molecule has 0 aliphatic heterocycles. The molecule has 6 nitrogen and oxygen atoms in total. The van der Waals surface area contributed by atoms with Crippen LogP contribution in [0.5, 0.6) is 0 Å². The van der Waals surface area contributed by atoms with Gasteiger partial charge in [-0.05, 0) is 50.4 Å². The lowest BCUT2D eigenvalue weighted by Gasteiger charge is -2.13. The Morgan fingerprint density at radius 3 is 2.54 bits per heavy atom. The minimum Gasteiger partial charge on any atom is -0.448 e. The van der Waals surface area contributed by atoms with Crippen LogP contribution in [-0.4, -0.2) is 30.1 Å². The smallest absolute Gasteiger partial charge is 0.349 e. The number of nitrogens with one attached hydrogen (secondary N) is 2. The SMILES string of the molecule is CC(C)NC(=O)NC(=O)[C@H](C)OC(=O)c1cc2cc(F)ccc2s1. The summed E-state index contributed by atoms with van der Waals surface area (Å²) in [7, 11) is 0. The van der Waals surface area contributed by atoms with Crippen LogP contribution in [0.2, 0.25) is 0 Å². The molecule has 2 rings (SSSR count). The van der Waals surface area contributed by atoms with Gasteiger partial charge in [0.15, 0.2) is 6.10 Å². The van der Waals surface area contributed by atoms with Crippen molar-refractivity contribution in [2.45, 2.75) is 32.9 Å². The van der Waals surface area contributed by atoms with Gasteiger partial charge in [0.05, 0.1) is 0 Å². The van der Waals surface area contributed by atoms with Gasteiger partial charge in [-0.3, -0.25) is 10.1 Å². The van der Waals surface area contributed by atoms with Crippen molar-refractivity contribution in [3.05, 3.63) is 35.0 Å². The molecular formula is C16H17FN2O4S. The number of hydrogen-bond donors (Lipinski definition) is 2. The van der Waals surface area contributed by atoms with Gasteiger partial charge >= 0.3 is 12.0 Å². The zero-order valence-electron chi connectivity index (χ0n) is 13.4. The molecule has 2 aromatic rings. The molecule has 0 saturated carbocycles. The molecule has 1 aromatic carbocycles. The van der Waals surface area contributed by atoms with Crippen LogP contribution in [-0.2, 0) is 9.53 Å². The van der Waals surface area contributed by atoms with Crippen LogP contribution in [0.4, 0.5) is 9.18 Å². The van der Waals surface area contributed by atoms with Crippen LogP contribution in [0.1, 0.15) is 30.4 Å². The van der Waals surface area contributed by atoms with Gasteiger partial charge in [-0.1, -0.05) is 0 Å². The lowest BCUT2D eigenvalue weighted by Crippen LogP contribution is -2.46. The number of fused-ring (bicyclic) bond motifs is 1. The summed E-state index contributed by atoms with van der Waals surface area (Å²) in [4.78, 5) is 35.6. The fourth-order valence-electron chi connectivity index (χ4n) is 1.90.